The maximum atomic E-state index is 14.1. The van der Waals surface area contributed by atoms with E-state index in [0.717, 1.165) is 44.8 Å². The van der Waals surface area contributed by atoms with Gasteiger partial charge in [-0.15, -0.1) is 0 Å². The molecular weight excluding hydrogens is 393 g/mol. The zero-order chi connectivity index (χ0) is 21.8. The van der Waals surface area contributed by atoms with Gasteiger partial charge in [-0.25, -0.2) is 9.07 Å². The number of hydrogen-bond acceptors (Lipinski definition) is 4. The highest BCUT2D eigenvalue weighted by molar-refractivity contribution is 6.05. The van der Waals surface area contributed by atoms with Gasteiger partial charge in [0.25, 0.3) is 5.91 Å². The van der Waals surface area contributed by atoms with Crippen LogP contribution in [0.5, 0.6) is 0 Å². The van der Waals surface area contributed by atoms with Crippen LogP contribution in [0.15, 0.2) is 54.7 Å². The van der Waals surface area contributed by atoms with Gasteiger partial charge < -0.3 is 15.1 Å². The average molecular weight is 422 g/mol. The third-order valence-corrected chi connectivity index (χ3v) is 5.86. The molecule has 2 heterocycles. The van der Waals surface area contributed by atoms with Gasteiger partial charge in [0.1, 0.15) is 11.5 Å². The van der Waals surface area contributed by atoms with Crippen molar-refractivity contribution < 1.29 is 9.18 Å². The van der Waals surface area contributed by atoms with Gasteiger partial charge in [0.05, 0.1) is 17.5 Å². The smallest absolute Gasteiger partial charge is 0.259 e. The van der Waals surface area contributed by atoms with Gasteiger partial charge in [-0.3, -0.25) is 4.79 Å². The zero-order valence-corrected chi connectivity index (χ0v) is 18.0. The van der Waals surface area contributed by atoms with Gasteiger partial charge in [0, 0.05) is 38.4 Å². The van der Waals surface area contributed by atoms with Crippen LogP contribution in [0.1, 0.15) is 21.6 Å². The van der Waals surface area contributed by atoms with Crippen LogP contribution in [0.4, 0.5) is 10.1 Å². The number of para-hydroxylation sites is 1. The van der Waals surface area contributed by atoms with E-state index in [9.17, 15) is 9.18 Å². The number of nitrogens with one attached hydrogen (secondary N) is 1. The van der Waals surface area contributed by atoms with Crippen molar-refractivity contribution in [3.63, 3.8) is 0 Å². The summed E-state index contributed by atoms with van der Waals surface area (Å²) in [5.74, 6) is -0.641. The highest BCUT2D eigenvalue weighted by Gasteiger charge is 2.17. The summed E-state index contributed by atoms with van der Waals surface area (Å²) in [5, 5.41) is 7.12. The number of hydrogen-bond donors (Lipinski definition) is 1. The van der Waals surface area contributed by atoms with Crippen LogP contribution in [0.2, 0.25) is 0 Å². The molecule has 1 aliphatic heterocycles. The summed E-state index contributed by atoms with van der Waals surface area (Å²) < 4.78 is 15.5. The molecule has 1 aromatic heterocycles. The fraction of sp³-hybridized carbons (Fsp3) is 0.333. The molecule has 0 aliphatic carbocycles. The van der Waals surface area contributed by atoms with E-state index in [2.05, 4.69) is 39.4 Å². The molecule has 7 heteroatoms. The molecule has 1 amide bonds. The Bertz CT molecular complexity index is 1040. The number of piperazine rings is 1. The Morgan fingerprint density at radius 2 is 1.77 bits per heavy atom. The first-order valence-corrected chi connectivity index (χ1v) is 10.6. The second kappa shape index (κ2) is 9.41. The largest absolute Gasteiger partial charge is 0.322 e. The van der Waals surface area contributed by atoms with Crippen molar-refractivity contribution >= 4 is 11.6 Å². The van der Waals surface area contributed by atoms with Crippen molar-refractivity contribution in [2.45, 2.75) is 13.3 Å². The molecule has 0 radical (unpaired) electrons. The lowest BCUT2D eigenvalue weighted by Gasteiger charge is -2.32. The molecule has 6 nitrogen and oxygen atoms in total. The minimum Gasteiger partial charge on any atom is -0.322 e. The lowest BCUT2D eigenvalue weighted by Crippen LogP contribution is -2.45. The lowest BCUT2D eigenvalue weighted by molar-refractivity contribution is 0.102. The van der Waals surface area contributed by atoms with Gasteiger partial charge in [-0.1, -0.05) is 24.3 Å². The third-order valence-electron chi connectivity index (χ3n) is 5.86. The summed E-state index contributed by atoms with van der Waals surface area (Å²) in [5.41, 5.74) is 3.31. The van der Waals surface area contributed by atoms with Gasteiger partial charge in [0.2, 0.25) is 0 Å². The topological polar surface area (TPSA) is 53.4 Å². The maximum Gasteiger partial charge on any atom is 0.259 e. The van der Waals surface area contributed by atoms with Crippen LogP contribution in [-0.4, -0.2) is 65.3 Å². The van der Waals surface area contributed by atoms with Crippen molar-refractivity contribution in [1.82, 2.24) is 19.6 Å². The zero-order valence-electron chi connectivity index (χ0n) is 18.0. The number of anilines is 1. The summed E-state index contributed by atoms with van der Waals surface area (Å²) >= 11 is 0. The molecule has 1 fully saturated rings. The summed E-state index contributed by atoms with van der Waals surface area (Å²) in [4.78, 5) is 17.6. The fourth-order valence-electron chi connectivity index (χ4n) is 3.81. The summed E-state index contributed by atoms with van der Waals surface area (Å²) in [6.45, 7) is 7.29. The number of halogens is 1. The fourth-order valence-corrected chi connectivity index (χ4v) is 3.81. The molecule has 31 heavy (non-hydrogen) atoms. The van der Waals surface area contributed by atoms with Crippen molar-refractivity contribution in [1.29, 1.82) is 0 Å². The van der Waals surface area contributed by atoms with E-state index >= 15 is 0 Å². The molecular formula is C24H28FN5O. The van der Waals surface area contributed by atoms with E-state index in [0.29, 0.717) is 16.9 Å². The van der Waals surface area contributed by atoms with Gasteiger partial charge in [-0.05, 0) is 50.2 Å². The second-order valence-corrected chi connectivity index (χ2v) is 8.05. The molecule has 3 aromatic rings. The standard InChI is InChI=1S/C24H28FN5O/c1-18-21(17-26-30(18)23-6-4-3-5-22(23)25)24(31)27-20-9-7-19(8-10-20)11-12-29-15-13-28(2)14-16-29/h3-10,17H,11-16H2,1-2H3,(H,27,31). The van der Waals surface area contributed by atoms with Gasteiger partial charge in [-0.2, -0.15) is 5.10 Å². The molecule has 162 valence electrons. The summed E-state index contributed by atoms with van der Waals surface area (Å²) in [6.07, 6.45) is 2.47. The minimum absolute atomic E-state index is 0.259. The normalized spacial score (nSPS) is 15.2. The molecule has 1 saturated heterocycles. The number of rotatable bonds is 6. The summed E-state index contributed by atoms with van der Waals surface area (Å²) in [6, 6.07) is 14.3. The average Bonchev–Trinajstić information content (AvgIpc) is 3.16. The first-order valence-electron chi connectivity index (χ1n) is 10.6. The Hall–Kier alpha value is -3.03. The predicted octanol–water partition coefficient (Wildman–Crippen LogP) is 3.36. The molecule has 0 bridgehead atoms. The Kier molecular flexibility index (Phi) is 6.44. The molecule has 0 spiro atoms. The molecule has 0 unspecified atom stereocenters. The van der Waals surface area contributed by atoms with E-state index in [4.69, 9.17) is 0 Å². The molecule has 1 aliphatic rings. The van der Waals surface area contributed by atoms with Crippen LogP contribution in [0, 0.1) is 12.7 Å². The monoisotopic (exact) mass is 421 g/mol. The van der Waals surface area contributed by atoms with E-state index in [-0.39, 0.29) is 11.7 Å². The first-order chi connectivity index (χ1) is 15.0. The van der Waals surface area contributed by atoms with E-state index < -0.39 is 0 Å². The van der Waals surface area contributed by atoms with Gasteiger partial charge in [0.15, 0.2) is 0 Å². The highest BCUT2D eigenvalue weighted by atomic mass is 19.1. The molecule has 1 N–H and O–H groups in total. The van der Waals surface area contributed by atoms with Crippen molar-refractivity contribution in [2.75, 3.05) is 45.1 Å². The number of carbonyl (C=O) groups is 1. The second-order valence-electron chi connectivity index (χ2n) is 8.05. The number of aromatic nitrogens is 2. The van der Waals surface area contributed by atoms with Crippen LogP contribution in [0.25, 0.3) is 5.69 Å². The first kappa shape index (κ1) is 21.2. The maximum absolute atomic E-state index is 14.1. The van der Waals surface area contributed by atoms with Crippen molar-refractivity contribution in [2.24, 2.45) is 0 Å². The van der Waals surface area contributed by atoms with Crippen molar-refractivity contribution in [3.05, 3.63) is 77.4 Å². The van der Waals surface area contributed by atoms with Crippen LogP contribution in [-0.2, 0) is 6.42 Å². The van der Waals surface area contributed by atoms with Crippen molar-refractivity contribution in [3.8, 4) is 5.69 Å². The SMILES string of the molecule is Cc1c(C(=O)Nc2ccc(CCN3CCN(C)CC3)cc2)cnn1-c1ccccc1F. The Balaban J connectivity index is 1.36. The number of likely N-dealkylation sites (N-methyl/N-ethyl adjacent to an activating group) is 1. The Morgan fingerprint density at radius 1 is 1.06 bits per heavy atom. The molecule has 0 atom stereocenters. The number of carbonyl (C=O) groups excluding carboxylic acids is 1. The third kappa shape index (κ3) is 5.00. The lowest BCUT2D eigenvalue weighted by atomic mass is 10.1. The molecule has 2 aromatic carbocycles. The Morgan fingerprint density at radius 3 is 2.48 bits per heavy atom. The van der Waals surface area contributed by atoms with Crippen LogP contribution in [0.3, 0.4) is 0 Å². The Labute approximate surface area is 182 Å². The van der Waals surface area contributed by atoms with E-state index in [1.54, 1.807) is 25.1 Å². The van der Waals surface area contributed by atoms with E-state index in [1.165, 1.54) is 22.5 Å². The summed E-state index contributed by atoms with van der Waals surface area (Å²) in [7, 11) is 2.16. The quantitative estimate of drug-likeness (QED) is 0.663. The van der Waals surface area contributed by atoms with E-state index in [1.807, 2.05) is 12.1 Å². The predicted molar refractivity (Wildman–Crippen MR) is 120 cm³/mol. The van der Waals surface area contributed by atoms with Crippen LogP contribution < -0.4 is 5.32 Å². The van der Waals surface area contributed by atoms with Gasteiger partial charge >= 0.3 is 0 Å². The highest BCUT2D eigenvalue weighted by Crippen LogP contribution is 2.19. The number of benzene rings is 2. The van der Waals surface area contributed by atoms with Crippen LogP contribution >= 0.6 is 0 Å². The number of amides is 1. The minimum atomic E-state index is -0.382. The molecule has 4 rings (SSSR count). The number of nitrogens with zero attached hydrogens (tertiary/aromatic N) is 4. The molecule has 0 saturated carbocycles.